The van der Waals surface area contributed by atoms with Gasteiger partial charge in [0.25, 0.3) is 5.91 Å². The highest BCUT2D eigenvalue weighted by Gasteiger charge is 2.34. The summed E-state index contributed by atoms with van der Waals surface area (Å²) < 4.78 is 0. The van der Waals surface area contributed by atoms with Gasteiger partial charge in [-0.15, -0.1) is 0 Å². The van der Waals surface area contributed by atoms with Crippen LogP contribution in [0.2, 0.25) is 0 Å². The number of benzene rings is 2. The Morgan fingerprint density at radius 2 is 1.70 bits per heavy atom. The van der Waals surface area contributed by atoms with E-state index in [1.54, 1.807) is 11.1 Å². The lowest BCUT2D eigenvalue weighted by Crippen LogP contribution is -2.28. The fourth-order valence-electron chi connectivity index (χ4n) is 2.76. The number of para-hydroxylation sites is 1. The molecule has 5 heteroatoms. The van der Waals surface area contributed by atoms with Gasteiger partial charge in [-0.05, 0) is 60.2 Å². The summed E-state index contributed by atoms with van der Waals surface area (Å²) in [6, 6.07) is 23.1. The van der Waals surface area contributed by atoms with E-state index < -0.39 is 0 Å². The van der Waals surface area contributed by atoms with E-state index in [1.165, 1.54) is 11.8 Å². The van der Waals surface area contributed by atoms with Crippen LogP contribution in [0.25, 0.3) is 6.08 Å². The number of anilines is 1. The molecule has 0 N–H and O–H groups in total. The topological polar surface area (TPSA) is 45.6 Å². The van der Waals surface area contributed by atoms with Crippen molar-refractivity contribution in [2.75, 3.05) is 4.90 Å². The highest BCUT2D eigenvalue weighted by Crippen LogP contribution is 2.37. The number of thioether (sulfide) groups is 1. The summed E-state index contributed by atoms with van der Waals surface area (Å²) in [5.74, 6) is 0.495. The number of carbonyl (C=O) groups excluding carboxylic acids is 1. The van der Waals surface area contributed by atoms with E-state index in [0.29, 0.717) is 15.9 Å². The normalized spacial score (nSPS) is 17.1. The molecule has 0 radical (unpaired) electrons. The van der Waals surface area contributed by atoms with Crippen molar-refractivity contribution in [2.24, 2.45) is 4.99 Å². The maximum Gasteiger partial charge on any atom is 0.271 e. The molecule has 2 heterocycles. The second-order valence-corrected chi connectivity index (χ2v) is 7.03. The van der Waals surface area contributed by atoms with Crippen molar-refractivity contribution in [3.63, 3.8) is 0 Å². The number of aliphatic imine (C=N–C) groups is 1. The Morgan fingerprint density at radius 3 is 2.44 bits per heavy atom. The Labute approximate surface area is 162 Å². The highest BCUT2D eigenvalue weighted by molar-refractivity contribution is 8.19. The molecule has 3 aromatic rings. The molecule has 0 atom stereocenters. The van der Waals surface area contributed by atoms with Gasteiger partial charge in [-0.3, -0.25) is 9.69 Å². The molecule has 1 aliphatic rings. The van der Waals surface area contributed by atoms with E-state index in [1.807, 2.05) is 85.8 Å². The van der Waals surface area contributed by atoms with Gasteiger partial charge in [0.1, 0.15) is 0 Å². The van der Waals surface area contributed by atoms with E-state index >= 15 is 0 Å². The Morgan fingerprint density at radius 1 is 0.963 bits per heavy atom. The van der Waals surface area contributed by atoms with Gasteiger partial charge in [0, 0.05) is 6.20 Å². The van der Waals surface area contributed by atoms with Crippen molar-refractivity contribution in [3.8, 4) is 0 Å². The van der Waals surface area contributed by atoms with E-state index in [9.17, 15) is 4.79 Å². The molecule has 132 valence electrons. The lowest BCUT2D eigenvalue weighted by atomic mass is 10.1. The van der Waals surface area contributed by atoms with Crippen LogP contribution in [-0.2, 0) is 4.79 Å². The fraction of sp³-hybridized carbons (Fsp3) is 0.0455. The van der Waals surface area contributed by atoms with Crippen molar-refractivity contribution in [1.82, 2.24) is 4.98 Å². The van der Waals surface area contributed by atoms with Crippen molar-refractivity contribution in [2.45, 2.75) is 6.92 Å². The third kappa shape index (κ3) is 3.68. The van der Waals surface area contributed by atoms with Crippen molar-refractivity contribution in [1.29, 1.82) is 0 Å². The first kappa shape index (κ1) is 17.2. The molecule has 0 saturated carbocycles. The Hall–Kier alpha value is -3.18. The first-order valence-corrected chi connectivity index (χ1v) is 9.38. The van der Waals surface area contributed by atoms with Crippen LogP contribution < -0.4 is 4.90 Å². The maximum absolute atomic E-state index is 13.2. The smallest absolute Gasteiger partial charge is 0.268 e. The number of rotatable bonds is 3. The minimum Gasteiger partial charge on any atom is -0.268 e. The van der Waals surface area contributed by atoms with Gasteiger partial charge in [0.2, 0.25) is 0 Å². The molecule has 0 aliphatic carbocycles. The number of nitrogens with zero attached hydrogens (tertiary/aromatic N) is 3. The van der Waals surface area contributed by atoms with E-state index in [4.69, 9.17) is 0 Å². The summed E-state index contributed by atoms with van der Waals surface area (Å²) in [7, 11) is 0. The number of amidine groups is 1. The number of pyridine rings is 1. The number of carbonyl (C=O) groups is 1. The standard InChI is InChI=1S/C22H17N3OS/c1-16-9-5-6-10-17(16)15-19-21(26)25(18-11-3-2-4-12-18)22(27-19)24-20-13-7-8-14-23-20/h2-15H,1H3/b19-15-,24-22+. The summed E-state index contributed by atoms with van der Waals surface area (Å²) in [6.07, 6.45) is 3.62. The first-order valence-electron chi connectivity index (χ1n) is 8.57. The molecular weight excluding hydrogens is 354 g/mol. The summed E-state index contributed by atoms with van der Waals surface area (Å²) in [4.78, 5) is 24.3. The summed E-state index contributed by atoms with van der Waals surface area (Å²) in [6.45, 7) is 2.04. The number of hydrogen-bond acceptors (Lipinski definition) is 4. The average molecular weight is 371 g/mol. The van der Waals surface area contributed by atoms with Crippen molar-refractivity contribution >= 4 is 40.4 Å². The number of amides is 1. The van der Waals surface area contributed by atoms with Gasteiger partial charge in [0.05, 0.1) is 10.6 Å². The minimum atomic E-state index is -0.0795. The van der Waals surface area contributed by atoms with Gasteiger partial charge in [-0.2, -0.15) is 0 Å². The molecule has 1 amide bonds. The average Bonchev–Trinajstić information content (AvgIpc) is 3.00. The molecule has 4 rings (SSSR count). The van der Waals surface area contributed by atoms with Crippen molar-refractivity contribution < 1.29 is 4.79 Å². The second-order valence-electron chi connectivity index (χ2n) is 6.03. The van der Waals surface area contributed by atoms with Crippen LogP contribution in [0.15, 0.2) is 88.9 Å². The Balaban J connectivity index is 1.79. The molecule has 27 heavy (non-hydrogen) atoms. The molecule has 0 bridgehead atoms. The summed E-state index contributed by atoms with van der Waals surface area (Å²) >= 11 is 1.37. The van der Waals surface area contributed by atoms with Crippen LogP contribution in [-0.4, -0.2) is 16.1 Å². The second kappa shape index (κ2) is 7.60. The molecular formula is C22H17N3OS. The third-order valence-electron chi connectivity index (χ3n) is 4.16. The highest BCUT2D eigenvalue weighted by atomic mass is 32.2. The van der Waals surface area contributed by atoms with Crippen LogP contribution in [0.3, 0.4) is 0 Å². The van der Waals surface area contributed by atoms with E-state index in [0.717, 1.165) is 16.8 Å². The molecule has 0 spiro atoms. The SMILES string of the molecule is Cc1ccccc1/C=C1\S/C(=N/c2ccccn2)N(c2ccccc2)C1=O. The number of aryl methyl sites for hydroxylation is 1. The number of aromatic nitrogens is 1. The molecule has 4 nitrogen and oxygen atoms in total. The Kier molecular flexibility index (Phi) is 4.85. The lowest BCUT2D eigenvalue weighted by molar-refractivity contribution is -0.113. The van der Waals surface area contributed by atoms with Gasteiger partial charge in [-0.1, -0.05) is 48.5 Å². The minimum absolute atomic E-state index is 0.0795. The largest absolute Gasteiger partial charge is 0.271 e. The zero-order valence-electron chi connectivity index (χ0n) is 14.7. The van der Waals surface area contributed by atoms with Crippen molar-refractivity contribution in [3.05, 3.63) is 95.0 Å². The molecule has 1 aromatic heterocycles. The zero-order valence-corrected chi connectivity index (χ0v) is 15.6. The molecule has 1 fully saturated rings. The van der Waals surface area contributed by atoms with E-state index in [2.05, 4.69) is 9.98 Å². The monoisotopic (exact) mass is 371 g/mol. The molecule has 1 aliphatic heterocycles. The quantitative estimate of drug-likeness (QED) is 0.595. The first-order chi connectivity index (χ1) is 13.2. The van der Waals surface area contributed by atoms with Crippen LogP contribution in [0.5, 0.6) is 0 Å². The zero-order chi connectivity index (χ0) is 18.6. The maximum atomic E-state index is 13.2. The molecule has 0 unspecified atom stereocenters. The fourth-order valence-corrected chi connectivity index (χ4v) is 3.74. The van der Waals surface area contributed by atoms with Gasteiger partial charge in [0.15, 0.2) is 11.0 Å². The molecule has 2 aromatic carbocycles. The van der Waals surface area contributed by atoms with Gasteiger partial charge in [-0.25, -0.2) is 9.98 Å². The lowest BCUT2D eigenvalue weighted by Gasteiger charge is -2.15. The predicted octanol–water partition coefficient (Wildman–Crippen LogP) is 5.20. The Bertz CT molecular complexity index is 1030. The van der Waals surface area contributed by atoms with Crippen LogP contribution in [0, 0.1) is 6.92 Å². The van der Waals surface area contributed by atoms with Crippen LogP contribution in [0.4, 0.5) is 11.5 Å². The number of hydrogen-bond donors (Lipinski definition) is 0. The van der Waals surface area contributed by atoms with Crippen LogP contribution >= 0.6 is 11.8 Å². The third-order valence-corrected chi connectivity index (χ3v) is 5.12. The van der Waals surface area contributed by atoms with Gasteiger partial charge < -0.3 is 0 Å². The van der Waals surface area contributed by atoms with E-state index in [-0.39, 0.29) is 5.91 Å². The summed E-state index contributed by atoms with van der Waals surface area (Å²) in [5, 5.41) is 0.602. The van der Waals surface area contributed by atoms with Gasteiger partial charge >= 0.3 is 0 Å². The summed E-state index contributed by atoms with van der Waals surface area (Å²) in [5.41, 5.74) is 2.94. The predicted molar refractivity (Wildman–Crippen MR) is 112 cm³/mol. The van der Waals surface area contributed by atoms with Crippen LogP contribution in [0.1, 0.15) is 11.1 Å². The molecule has 1 saturated heterocycles.